The van der Waals surface area contributed by atoms with Crippen molar-refractivity contribution in [3.05, 3.63) is 48.2 Å². The van der Waals surface area contributed by atoms with Crippen LogP contribution in [-0.4, -0.2) is 28.0 Å². The molecule has 2 rings (SSSR count). The fourth-order valence-electron chi connectivity index (χ4n) is 2.22. The van der Waals surface area contributed by atoms with Gasteiger partial charge < -0.3 is 15.4 Å². The van der Waals surface area contributed by atoms with Gasteiger partial charge >= 0.3 is 5.97 Å². The molecule has 1 aromatic carbocycles. The molecule has 1 amide bonds. The van der Waals surface area contributed by atoms with E-state index in [4.69, 9.17) is 0 Å². The quantitative estimate of drug-likeness (QED) is 0.767. The second-order valence-corrected chi connectivity index (χ2v) is 5.33. The Kier molecular flexibility index (Phi) is 4.99. The molecular formula is C17H20N2O3. The summed E-state index contributed by atoms with van der Waals surface area (Å²) < 4.78 is 0. The van der Waals surface area contributed by atoms with E-state index in [2.05, 4.69) is 10.3 Å². The van der Waals surface area contributed by atoms with E-state index in [-0.39, 0.29) is 5.92 Å². The van der Waals surface area contributed by atoms with Gasteiger partial charge in [-0.05, 0) is 23.6 Å². The van der Waals surface area contributed by atoms with Crippen LogP contribution in [0.2, 0.25) is 0 Å². The van der Waals surface area contributed by atoms with Gasteiger partial charge in [0.15, 0.2) is 0 Å². The van der Waals surface area contributed by atoms with Crippen molar-refractivity contribution in [2.24, 2.45) is 5.92 Å². The summed E-state index contributed by atoms with van der Waals surface area (Å²) in [6.45, 7) is 3.71. The number of benzene rings is 1. The van der Waals surface area contributed by atoms with Gasteiger partial charge in [-0.15, -0.1) is 0 Å². The van der Waals surface area contributed by atoms with Crippen LogP contribution < -0.4 is 5.32 Å². The van der Waals surface area contributed by atoms with Crippen LogP contribution in [0.15, 0.2) is 42.5 Å². The lowest BCUT2D eigenvalue weighted by Gasteiger charge is -2.19. The van der Waals surface area contributed by atoms with Gasteiger partial charge in [-0.3, -0.25) is 4.79 Å². The minimum absolute atomic E-state index is 0.134. The lowest BCUT2D eigenvalue weighted by molar-refractivity contribution is -0.140. The second kappa shape index (κ2) is 6.93. The number of hydrogen-bond donors (Lipinski definition) is 3. The minimum atomic E-state index is -1.02. The summed E-state index contributed by atoms with van der Waals surface area (Å²) in [5.41, 5.74) is 2.15. The predicted octanol–water partition coefficient (Wildman–Crippen LogP) is 2.91. The molecule has 2 unspecified atom stereocenters. The molecule has 2 atom stereocenters. The number of carboxylic acid groups (broad SMARTS) is 1. The summed E-state index contributed by atoms with van der Waals surface area (Å²) in [7, 11) is 0. The molecule has 5 nitrogen and oxygen atoms in total. The Bertz CT molecular complexity index is 649. The zero-order valence-corrected chi connectivity index (χ0v) is 12.7. The lowest BCUT2D eigenvalue weighted by Crippen LogP contribution is -2.45. The van der Waals surface area contributed by atoms with Crippen molar-refractivity contribution in [3.63, 3.8) is 0 Å². The monoisotopic (exact) mass is 300 g/mol. The van der Waals surface area contributed by atoms with Gasteiger partial charge in [-0.2, -0.15) is 0 Å². The van der Waals surface area contributed by atoms with Crippen LogP contribution in [-0.2, 0) is 4.79 Å². The van der Waals surface area contributed by atoms with Crippen molar-refractivity contribution in [2.75, 3.05) is 0 Å². The Morgan fingerprint density at radius 2 is 1.86 bits per heavy atom. The summed E-state index contributed by atoms with van der Waals surface area (Å²) in [5, 5.41) is 11.8. The van der Waals surface area contributed by atoms with Gasteiger partial charge in [0.25, 0.3) is 5.91 Å². The molecule has 0 bridgehead atoms. The first kappa shape index (κ1) is 15.8. The Labute approximate surface area is 129 Å². The van der Waals surface area contributed by atoms with Gasteiger partial charge in [0.1, 0.15) is 11.7 Å². The zero-order chi connectivity index (χ0) is 16.1. The molecule has 1 heterocycles. The number of aromatic nitrogens is 1. The summed E-state index contributed by atoms with van der Waals surface area (Å²) in [6.07, 6.45) is 0.678. The average molecular weight is 300 g/mol. The van der Waals surface area contributed by atoms with E-state index in [1.165, 1.54) is 0 Å². The number of carbonyl (C=O) groups excluding carboxylic acids is 1. The van der Waals surface area contributed by atoms with Gasteiger partial charge in [0.05, 0.1) is 0 Å². The second-order valence-electron chi connectivity index (χ2n) is 5.33. The van der Waals surface area contributed by atoms with E-state index in [9.17, 15) is 14.7 Å². The summed E-state index contributed by atoms with van der Waals surface area (Å²) >= 11 is 0. The number of nitrogens with one attached hydrogen (secondary N) is 2. The van der Waals surface area contributed by atoms with E-state index in [1.807, 2.05) is 50.2 Å². The standard InChI is InChI=1S/C17H20N2O3/c1-3-11(2)15(17(21)22)19-16(20)14-10-9-13(18-14)12-7-5-4-6-8-12/h4-11,15,18H,3H2,1-2H3,(H,19,20)(H,21,22). The van der Waals surface area contributed by atoms with Crippen LogP contribution in [0.1, 0.15) is 30.8 Å². The van der Waals surface area contributed by atoms with E-state index in [0.29, 0.717) is 12.1 Å². The van der Waals surface area contributed by atoms with Crippen molar-refractivity contribution >= 4 is 11.9 Å². The van der Waals surface area contributed by atoms with Crippen LogP contribution in [0, 0.1) is 5.92 Å². The van der Waals surface area contributed by atoms with E-state index >= 15 is 0 Å². The highest BCUT2D eigenvalue weighted by molar-refractivity contribution is 5.95. The molecule has 0 saturated carbocycles. The maximum atomic E-state index is 12.2. The number of aromatic amines is 1. The molecule has 22 heavy (non-hydrogen) atoms. The van der Waals surface area contributed by atoms with Gasteiger partial charge in [0.2, 0.25) is 0 Å². The molecule has 0 saturated heterocycles. The Morgan fingerprint density at radius 1 is 1.18 bits per heavy atom. The maximum absolute atomic E-state index is 12.2. The molecule has 2 aromatic rings. The average Bonchev–Trinajstić information content (AvgIpc) is 3.02. The number of hydrogen-bond acceptors (Lipinski definition) is 2. The Morgan fingerprint density at radius 3 is 2.45 bits per heavy atom. The van der Waals surface area contributed by atoms with Gasteiger partial charge in [0, 0.05) is 5.69 Å². The number of H-pyrrole nitrogens is 1. The minimum Gasteiger partial charge on any atom is -0.480 e. The maximum Gasteiger partial charge on any atom is 0.326 e. The number of amides is 1. The van der Waals surface area contributed by atoms with Gasteiger partial charge in [-0.25, -0.2) is 4.79 Å². The van der Waals surface area contributed by atoms with Gasteiger partial charge in [-0.1, -0.05) is 50.6 Å². The normalized spacial score (nSPS) is 13.4. The fraction of sp³-hybridized carbons (Fsp3) is 0.294. The SMILES string of the molecule is CCC(C)C(NC(=O)c1ccc(-c2ccccc2)[nH]1)C(=O)O. The highest BCUT2D eigenvalue weighted by atomic mass is 16.4. The van der Waals surface area contributed by atoms with E-state index in [0.717, 1.165) is 11.3 Å². The molecule has 1 aromatic heterocycles. The smallest absolute Gasteiger partial charge is 0.326 e. The largest absolute Gasteiger partial charge is 0.480 e. The number of aliphatic carboxylic acids is 1. The Balaban J connectivity index is 2.13. The van der Waals surface area contributed by atoms with Crippen molar-refractivity contribution in [2.45, 2.75) is 26.3 Å². The van der Waals surface area contributed by atoms with Crippen LogP contribution >= 0.6 is 0 Å². The number of carboxylic acids is 1. The lowest BCUT2D eigenvalue weighted by atomic mass is 9.99. The molecule has 3 N–H and O–H groups in total. The molecule has 116 valence electrons. The molecule has 0 spiro atoms. The van der Waals surface area contributed by atoms with E-state index in [1.54, 1.807) is 6.07 Å². The first-order valence-electron chi connectivity index (χ1n) is 7.31. The number of carbonyl (C=O) groups is 2. The molecule has 0 aliphatic carbocycles. The first-order valence-corrected chi connectivity index (χ1v) is 7.31. The molecule has 0 aliphatic rings. The van der Waals surface area contributed by atoms with Crippen LogP contribution in [0.25, 0.3) is 11.3 Å². The zero-order valence-electron chi connectivity index (χ0n) is 12.7. The third-order valence-electron chi connectivity index (χ3n) is 3.78. The molecule has 0 radical (unpaired) electrons. The molecule has 0 fully saturated rings. The van der Waals surface area contributed by atoms with Crippen molar-refractivity contribution in [1.29, 1.82) is 0 Å². The fourth-order valence-corrected chi connectivity index (χ4v) is 2.22. The molecular weight excluding hydrogens is 280 g/mol. The van der Waals surface area contributed by atoms with Crippen LogP contribution in [0.3, 0.4) is 0 Å². The molecule has 0 aliphatic heterocycles. The van der Waals surface area contributed by atoms with Crippen LogP contribution in [0.4, 0.5) is 0 Å². The topological polar surface area (TPSA) is 82.2 Å². The van der Waals surface area contributed by atoms with Crippen molar-refractivity contribution < 1.29 is 14.7 Å². The summed E-state index contributed by atoms with van der Waals surface area (Å²) in [4.78, 5) is 26.5. The number of rotatable bonds is 6. The summed E-state index contributed by atoms with van der Waals surface area (Å²) in [5.74, 6) is -1.56. The van der Waals surface area contributed by atoms with Crippen molar-refractivity contribution in [3.8, 4) is 11.3 Å². The third kappa shape index (κ3) is 3.55. The van der Waals surface area contributed by atoms with Crippen molar-refractivity contribution in [1.82, 2.24) is 10.3 Å². The third-order valence-corrected chi connectivity index (χ3v) is 3.78. The van der Waals surface area contributed by atoms with E-state index < -0.39 is 17.9 Å². The highest BCUT2D eigenvalue weighted by Gasteiger charge is 2.26. The highest BCUT2D eigenvalue weighted by Crippen LogP contribution is 2.18. The first-order chi connectivity index (χ1) is 10.5. The summed E-state index contributed by atoms with van der Waals surface area (Å²) in [6, 6.07) is 12.2. The predicted molar refractivity (Wildman–Crippen MR) is 84.6 cm³/mol. The molecule has 5 heteroatoms. The Hall–Kier alpha value is -2.56. The van der Waals surface area contributed by atoms with Crippen LogP contribution in [0.5, 0.6) is 0 Å².